The maximum absolute atomic E-state index is 13.2. The van der Waals surface area contributed by atoms with Crippen LogP contribution in [0.2, 0.25) is 0 Å². The first-order valence-corrected chi connectivity index (χ1v) is 13.0. The molecule has 0 spiro atoms. The van der Waals surface area contributed by atoms with Gasteiger partial charge in [0, 0.05) is 29.9 Å². The molecule has 8 heteroatoms. The molecule has 2 aromatic heterocycles. The summed E-state index contributed by atoms with van der Waals surface area (Å²) in [5.41, 5.74) is 3.60. The predicted molar refractivity (Wildman–Crippen MR) is 137 cm³/mol. The zero-order valence-corrected chi connectivity index (χ0v) is 20.1. The number of rotatable bonds is 7. The number of nitrogens with one attached hydrogen (secondary N) is 1. The quantitative estimate of drug-likeness (QED) is 0.358. The molecule has 1 saturated heterocycles. The molecular weight excluding hydrogens is 464 g/mol. The molecule has 2 amide bonds. The summed E-state index contributed by atoms with van der Waals surface area (Å²) >= 11 is 2.97. The van der Waals surface area contributed by atoms with Gasteiger partial charge in [0.25, 0.3) is 0 Å². The third-order valence-electron chi connectivity index (χ3n) is 5.79. The lowest BCUT2D eigenvalue weighted by Crippen LogP contribution is -2.44. The van der Waals surface area contributed by atoms with Crippen molar-refractivity contribution in [3.8, 4) is 16.9 Å². The lowest BCUT2D eigenvalue weighted by molar-refractivity contribution is -0.134. The maximum Gasteiger partial charge on any atom is 0.247 e. The number of hydrogen-bond acceptors (Lipinski definition) is 5. The Morgan fingerprint density at radius 3 is 2.62 bits per heavy atom. The van der Waals surface area contributed by atoms with Crippen molar-refractivity contribution in [3.05, 3.63) is 84.5 Å². The van der Waals surface area contributed by atoms with Crippen LogP contribution in [0.4, 0.5) is 5.69 Å². The van der Waals surface area contributed by atoms with E-state index in [1.54, 1.807) is 4.90 Å². The highest BCUT2D eigenvalue weighted by Crippen LogP contribution is 2.29. The van der Waals surface area contributed by atoms with Crippen LogP contribution in [-0.4, -0.2) is 44.6 Å². The summed E-state index contributed by atoms with van der Waals surface area (Å²) in [4.78, 5) is 32.5. The third-order valence-corrected chi connectivity index (χ3v) is 7.80. The summed E-state index contributed by atoms with van der Waals surface area (Å²) in [6.07, 6.45) is 5.37. The number of aromatic nitrogens is 2. The van der Waals surface area contributed by atoms with Gasteiger partial charge in [0.1, 0.15) is 6.04 Å². The van der Waals surface area contributed by atoms with Crippen LogP contribution in [-0.2, 0) is 9.59 Å². The molecule has 0 bridgehead atoms. The van der Waals surface area contributed by atoms with E-state index in [4.69, 9.17) is 0 Å². The molecule has 0 radical (unpaired) electrons. The Morgan fingerprint density at radius 1 is 1.03 bits per heavy atom. The highest BCUT2D eigenvalue weighted by molar-refractivity contribution is 8.01. The third kappa shape index (κ3) is 4.93. The lowest BCUT2D eigenvalue weighted by Gasteiger charge is -2.24. The summed E-state index contributed by atoms with van der Waals surface area (Å²) in [7, 11) is 0. The smallest absolute Gasteiger partial charge is 0.247 e. The summed E-state index contributed by atoms with van der Waals surface area (Å²) in [6, 6.07) is 21.1. The van der Waals surface area contributed by atoms with Crippen LogP contribution < -0.4 is 5.32 Å². The second kappa shape index (κ2) is 10.3. The minimum atomic E-state index is -0.456. The van der Waals surface area contributed by atoms with Crippen LogP contribution in [0.15, 0.2) is 88.8 Å². The summed E-state index contributed by atoms with van der Waals surface area (Å²) in [6.45, 7) is 0.601. The maximum atomic E-state index is 13.2. The fourth-order valence-electron chi connectivity index (χ4n) is 4.12. The molecule has 0 saturated carbocycles. The van der Waals surface area contributed by atoms with E-state index in [1.165, 1.54) is 23.1 Å². The fourth-order valence-corrected chi connectivity index (χ4v) is 5.85. The molecule has 1 fully saturated rings. The van der Waals surface area contributed by atoms with Crippen molar-refractivity contribution in [1.29, 1.82) is 0 Å². The number of benzene rings is 2. The van der Waals surface area contributed by atoms with Gasteiger partial charge in [-0.25, -0.2) is 4.98 Å². The number of amides is 2. The Morgan fingerprint density at radius 2 is 1.79 bits per heavy atom. The van der Waals surface area contributed by atoms with Crippen molar-refractivity contribution in [2.45, 2.75) is 23.2 Å². The number of para-hydroxylation sites is 2. The van der Waals surface area contributed by atoms with E-state index in [0.717, 1.165) is 33.4 Å². The molecule has 1 atom stereocenters. The predicted octanol–water partition coefficient (Wildman–Crippen LogP) is 5.32. The number of likely N-dealkylation sites (tertiary alicyclic amines) is 1. The zero-order valence-electron chi connectivity index (χ0n) is 18.5. The van der Waals surface area contributed by atoms with Gasteiger partial charge in [0.05, 0.1) is 22.8 Å². The highest BCUT2D eigenvalue weighted by atomic mass is 32.2. The minimum Gasteiger partial charge on any atom is -0.330 e. The molecule has 1 aliphatic heterocycles. The van der Waals surface area contributed by atoms with Crippen molar-refractivity contribution in [3.63, 3.8) is 0 Å². The number of carbonyl (C=O) groups is 2. The number of thioether (sulfide) groups is 1. The second-order valence-corrected chi connectivity index (χ2v) is 10.1. The molecule has 0 unspecified atom stereocenters. The van der Waals surface area contributed by atoms with Crippen molar-refractivity contribution in [1.82, 2.24) is 14.5 Å². The molecule has 172 valence electrons. The van der Waals surface area contributed by atoms with Crippen LogP contribution in [0, 0.1) is 0 Å². The fraction of sp³-hybridized carbons (Fsp3) is 0.192. The van der Waals surface area contributed by atoms with Crippen LogP contribution in [0.3, 0.4) is 0 Å². The summed E-state index contributed by atoms with van der Waals surface area (Å²) < 4.78 is 2.81. The topological polar surface area (TPSA) is 67.2 Å². The van der Waals surface area contributed by atoms with Gasteiger partial charge >= 0.3 is 0 Å². The van der Waals surface area contributed by atoms with Gasteiger partial charge in [-0.15, -0.1) is 11.3 Å². The molecule has 4 aromatic rings. The number of anilines is 1. The molecule has 3 heterocycles. The lowest BCUT2D eigenvalue weighted by atomic mass is 10.2. The Balaban J connectivity index is 1.22. The average molecular weight is 489 g/mol. The molecule has 0 aliphatic carbocycles. The standard InChI is InChI=1S/C26H24N4O2S2/c31-24(18-34-26-28-21(17-33-26)19-9-2-1-3-10-19)30-16-8-13-23(30)25(32)27-20-11-4-5-12-22(20)29-14-6-7-15-29/h1-7,9-12,14-15,17,23H,8,13,16,18H2,(H,27,32)/t23-/m0/s1. The zero-order chi connectivity index (χ0) is 23.3. The van der Waals surface area contributed by atoms with E-state index in [0.29, 0.717) is 13.0 Å². The molecule has 34 heavy (non-hydrogen) atoms. The van der Waals surface area contributed by atoms with E-state index in [-0.39, 0.29) is 17.6 Å². The van der Waals surface area contributed by atoms with E-state index in [9.17, 15) is 9.59 Å². The van der Waals surface area contributed by atoms with Crippen LogP contribution in [0.1, 0.15) is 12.8 Å². The van der Waals surface area contributed by atoms with E-state index >= 15 is 0 Å². The van der Waals surface area contributed by atoms with Crippen LogP contribution in [0.25, 0.3) is 16.9 Å². The van der Waals surface area contributed by atoms with E-state index < -0.39 is 6.04 Å². The first-order chi connectivity index (χ1) is 16.7. The Kier molecular flexibility index (Phi) is 6.78. The van der Waals surface area contributed by atoms with Gasteiger partial charge in [-0.05, 0) is 37.1 Å². The molecule has 6 nitrogen and oxygen atoms in total. The van der Waals surface area contributed by atoms with E-state index in [1.807, 2.05) is 89.1 Å². The Bertz CT molecular complexity index is 1270. The van der Waals surface area contributed by atoms with Crippen LogP contribution >= 0.6 is 23.1 Å². The number of hydrogen-bond donors (Lipinski definition) is 1. The van der Waals surface area contributed by atoms with Gasteiger partial charge in [0.2, 0.25) is 11.8 Å². The van der Waals surface area contributed by atoms with Gasteiger partial charge in [-0.2, -0.15) is 0 Å². The van der Waals surface area contributed by atoms with Crippen molar-refractivity contribution in [2.75, 3.05) is 17.6 Å². The van der Waals surface area contributed by atoms with Gasteiger partial charge in [0.15, 0.2) is 4.34 Å². The first-order valence-electron chi connectivity index (χ1n) is 11.2. The minimum absolute atomic E-state index is 0.0298. The molecule has 1 aliphatic rings. The second-order valence-electron chi connectivity index (χ2n) is 8.00. The highest BCUT2D eigenvalue weighted by Gasteiger charge is 2.34. The normalized spacial score (nSPS) is 15.4. The number of nitrogens with zero attached hydrogens (tertiary/aromatic N) is 3. The summed E-state index contributed by atoms with van der Waals surface area (Å²) in [5, 5.41) is 5.06. The van der Waals surface area contributed by atoms with Crippen molar-refractivity contribution in [2.24, 2.45) is 0 Å². The van der Waals surface area contributed by atoms with Crippen LogP contribution in [0.5, 0.6) is 0 Å². The monoisotopic (exact) mass is 488 g/mol. The van der Waals surface area contributed by atoms with Gasteiger partial charge in [-0.1, -0.05) is 54.2 Å². The number of thiazole rings is 1. The van der Waals surface area contributed by atoms with Gasteiger partial charge < -0.3 is 14.8 Å². The number of carbonyl (C=O) groups excluding carboxylic acids is 2. The Labute approximate surface area is 206 Å². The average Bonchev–Trinajstić information content (AvgIpc) is 3.65. The largest absolute Gasteiger partial charge is 0.330 e. The van der Waals surface area contributed by atoms with E-state index in [2.05, 4.69) is 10.3 Å². The molecular formula is C26H24N4O2S2. The van der Waals surface area contributed by atoms with Gasteiger partial charge in [-0.3, -0.25) is 9.59 Å². The molecule has 2 aromatic carbocycles. The van der Waals surface area contributed by atoms with Crippen molar-refractivity contribution >= 4 is 40.6 Å². The van der Waals surface area contributed by atoms with Crippen molar-refractivity contribution < 1.29 is 9.59 Å². The Hall–Kier alpha value is -3.36. The SMILES string of the molecule is O=C(Nc1ccccc1-n1cccc1)[C@@H]1CCCN1C(=O)CSc1nc(-c2ccccc2)cs1. The molecule has 5 rings (SSSR count). The molecule has 1 N–H and O–H groups in total. The summed E-state index contributed by atoms with van der Waals surface area (Å²) in [5.74, 6) is 0.0970. The first kappa shape index (κ1) is 22.4.